The van der Waals surface area contributed by atoms with E-state index in [1.54, 1.807) is 0 Å². The van der Waals surface area contributed by atoms with Gasteiger partial charge in [-0.2, -0.15) is 5.10 Å². The highest BCUT2D eigenvalue weighted by Gasteiger charge is 2.18. The van der Waals surface area contributed by atoms with Gasteiger partial charge in [-0.15, -0.1) is 0 Å². The molecule has 0 bridgehead atoms. The zero-order valence-corrected chi connectivity index (χ0v) is 11.9. The average Bonchev–Trinajstić information content (AvgIpc) is 2.59. The molecule has 0 aromatic carbocycles. The van der Waals surface area contributed by atoms with Crippen LogP contribution in [0.15, 0.2) is 6.07 Å². The van der Waals surface area contributed by atoms with E-state index in [-0.39, 0.29) is 0 Å². The van der Waals surface area contributed by atoms with Crippen LogP contribution in [-0.4, -0.2) is 57.3 Å². The molecule has 0 atom stereocenters. The molecule has 2 N–H and O–H groups in total. The van der Waals surface area contributed by atoms with Gasteiger partial charge >= 0.3 is 0 Å². The second-order valence-corrected chi connectivity index (χ2v) is 5.44. The molecule has 1 aliphatic heterocycles. The molecule has 1 aliphatic rings. The van der Waals surface area contributed by atoms with Crippen LogP contribution in [0, 0.1) is 6.92 Å². The summed E-state index contributed by atoms with van der Waals surface area (Å²) in [5, 5.41) is 4.38. The molecule has 100 valence electrons. The summed E-state index contributed by atoms with van der Waals surface area (Å²) in [5.41, 5.74) is 7.93. The highest BCUT2D eigenvalue weighted by Crippen LogP contribution is 2.09. The normalized spacial score (nSPS) is 18.1. The van der Waals surface area contributed by atoms with Gasteiger partial charge in [0, 0.05) is 46.3 Å². The van der Waals surface area contributed by atoms with Crippen LogP contribution in [0.3, 0.4) is 0 Å². The molecule has 0 spiro atoms. The third-order valence-corrected chi connectivity index (χ3v) is 3.46. The van der Waals surface area contributed by atoms with Crippen molar-refractivity contribution >= 4 is 17.2 Å². The Balaban J connectivity index is 1.83. The lowest BCUT2D eigenvalue weighted by molar-refractivity contribution is 0.138. The minimum atomic E-state index is 0.589. The van der Waals surface area contributed by atoms with Gasteiger partial charge in [-0.1, -0.05) is 12.2 Å². The van der Waals surface area contributed by atoms with Gasteiger partial charge in [-0.3, -0.25) is 14.5 Å². The SMILES string of the molecule is Cc1cc(CN2CCN(CC(N)=S)CC2)n(C)n1. The van der Waals surface area contributed by atoms with Crippen LogP contribution in [0.4, 0.5) is 0 Å². The quantitative estimate of drug-likeness (QED) is 0.786. The van der Waals surface area contributed by atoms with Gasteiger partial charge in [0.1, 0.15) is 0 Å². The van der Waals surface area contributed by atoms with E-state index in [0.717, 1.165) is 45.0 Å². The van der Waals surface area contributed by atoms with Gasteiger partial charge in [-0.25, -0.2) is 0 Å². The molecule has 18 heavy (non-hydrogen) atoms. The minimum Gasteiger partial charge on any atom is -0.392 e. The molecular formula is C12H21N5S. The van der Waals surface area contributed by atoms with E-state index < -0.39 is 0 Å². The number of aryl methyl sites for hydroxylation is 2. The minimum absolute atomic E-state index is 0.589. The molecule has 5 nitrogen and oxygen atoms in total. The Morgan fingerprint density at radius 3 is 2.44 bits per heavy atom. The molecule has 2 heterocycles. The monoisotopic (exact) mass is 267 g/mol. The van der Waals surface area contributed by atoms with Crippen molar-refractivity contribution in [3.05, 3.63) is 17.5 Å². The van der Waals surface area contributed by atoms with Gasteiger partial charge in [0.25, 0.3) is 0 Å². The van der Waals surface area contributed by atoms with E-state index in [1.807, 2.05) is 18.7 Å². The molecule has 0 aliphatic carbocycles. The van der Waals surface area contributed by atoms with E-state index in [9.17, 15) is 0 Å². The van der Waals surface area contributed by atoms with Crippen LogP contribution in [0.2, 0.25) is 0 Å². The number of thiocarbonyl (C=S) groups is 1. The van der Waals surface area contributed by atoms with Gasteiger partial charge in [0.15, 0.2) is 0 Å². The smallest absolute Gasteiger partial charge is 0.0870 e. The molecule has 2 rings (SSSR count). The number of rotatable bonds is 4. The number of nitrogens with two attached hydrogens (primary N) is 1. The maximum atomic E-state index is 5.57. The topological polar surface area (TPSA) is 50.3 Å². The lowest BCUT2D eigenvalue weighted by Gasteiger charge is -2.34. The second-order valence-electron chi connectivity index (χ2n) is 4.92. The molecule has 0 amide bonds. The Labute approximate surface area is 114 Å². The van der Waals surface area contributed by atoms with Crippen molar-refractivity contribution in [3.63, 3.8) is 0 Å². The third-order valence-electron chi connectivity index (χ3n) is 3.33. The predicted octanol–water partition coefficient (Wildman–Crippen LogP) is 0.132. The van der Waals surface area contributed by atoms with Crippen LogP contribution in [0.5, 0.6) is 0 Å². The van der Waals surface area contributed by atoms with Gasteiger partial charge in [0.05, 0.1) is 16.4 Å². The first-order chi connectivity index (χ1) is 8.54. The summed E-state index contributed by atoms with van der Waals surface area (Å²) in [6.45, 7) is 7.94. The maximum absolute atomic E-state index is 5.57. The average molecular weight is 267 g/mol. The van der Waals surface area contributed by atoms with E-state index >= 15 is 0 Å². The van der Waals surface area contributed by atoms with Gasteiger partial charge in [-0.05, 0) is 13.0 Å². The molecule has 0 saturated carbocycles. The summed E-state index contributed by atoms with van der Waals surface area (Å²) in [7, 11) is 2.01. The first-order valence-corrected chi connectivity index (χ1v) is 6.68. The van der Waals surface area contributed by atoms with Crippen molar-refractivity contribution in [2.24, 2.45) is 12.8 Å². The van der Waals surface area contributed by atoms with Crippen LogP contribution in [-0.2, 0) is 13.6 Å². The van der Waals surface area contributed by atoms with Crippen molar-refractivity contribution in [2.75, 3.05) is 32.7 Å². The van der Waals surface area contributed by atoms with E-state index in [2.05, 4.69) is 21.0 Å². The van der Waals surface area contributed by atoms with E-state index in [0.29, 0.717) is 4.99 Å². The molecule has 6 heteroatoms. The van der Waals surface area contributed by atoms with Crippen molar-refractivity contribution in [2.45, 2.75) is 13.5 Å². The molecule has 0 radical (unpaired) electrons. The van der Waals surface area contributed by atoms with E-state index in [4.69, 9.17) is 18.0 Å². The number of piperazine rings is 1. The lowest BCUT2D eigenvalue weighted by Crippen LogP contribution is -2.48. The zero-order valence-electron chi connectivity index (χ0n) is 11.1. The number of hydrogen-bond donors (Lipinski definition) is 1. The Bertz CT molecular complexity index is 420. The Morgan fingerprint density at radius 2 is 1.94 bits per heavy atom. The van der Waals surface area contributed by atoms with Gasteiger partial charge < -0.3 is 5.73 Å². The molecule has 1 saturated heterocycles. The standard InChI is InChI=1S/C12H21N5S/c1-10-7-11(15(2)14-10)8-16-3-5-17(6-4-16)9-12(13)18/h7H,3-6,8-9H2,1-2H3,(H2,13,18). The zero-order chi connectivity index (χ0) is 13.1. The molecule has 1 aromatic heterocycles. The Morgan fingerprint density at radius 1 is 1.33 bits per heavy atom. The van der Waals surface area contributed by atoms with Crippen molar-refractivity contribution in [1.29, 1.82) is 0 Å². The van der Waals surface area contributed by atoms with Crippen LogP contribution >= 0.6 is 12.2 Å². The Kier molecular flexibility index (Phi) is 4.31. The van der Waals surface area contributed by atoms with Crippen LogP contribution in [0.25, 0.3) is 0 Å². The summed E-state index contributed by atoms with van der Waals surface area (Å²) in [6.07, 6.45) is 0. The van der Waals surface area contributed by atoms with Crippen molar-refractivity contribution < 1.29 is 0 Å². The fourth-order valence-corrected chi connectivity index (χ4v) is 2.55. The fraction of sp³-hybridized carbons (Fsp3) is 0.667. The van der Waals surface area contributed by atoms with Gasteiger partial charge in [0.2, 0.25) is 0 Å². The number of nitrogens with zero attached hydrogens (tertiary/aromatic N) is 4. The molecular weight excluding hydrogens is 246 g/mol. The first-order valence-electron chi connectivity index (χ1n) is 6.27. The summed E-state index contributed by atoms with van der Waals surface area (Å²) in [6, 6.07) is 2.15. The highest BCUT2D eigenvalue weighted by atomic mass is 32.1. The van der Waals surface area contributed by atoms with Crippen LogP contribution in [0.1, 0.15) is 11.4 Å². The summed E-state index contributed by atoms with van der Waals surface area (Å²) < 4.78 is 1.97. The third kappa shape index (κ3) is 3.51. The molecule has 1 fully saturated rings. The lowest BCUT2D eigenvalue weighted by atomic mass is 10.2. The summed E-state index contributed by atoms with van der Waals surface area (Å²) in [4.78, 5) is 5.35. The molecule has 0 unspecified atom stereocenters. The fourth-order valence-electron chi connectivity index (χ4n) is 2.37. The number of hydrogen-bond acceptors (Lipinski definition) is 4. The second kappa shape index (κ2) is 5.77. The Hall–Kier alpha value is -0.980. The first kappa shape index (κ1) is 13.5. The summed E-state index contributed by atoms with van der Waals surface area (Å²) in [5.74, 6) is 0. The number of aromatic nitrogens is 2. The maximum Gasteiger partial charge on any atom is 0.0870 e. The summed E-state index contributed by atoms with van der Waals surface area (Å²) >= 11 is 4.94. The van der Waals surface area contributed by atoms with Crippen LogP contribution < -0.4 is 5.73 Å². The molecule has 1 aromatic rings. The highest BCUT2D eigenvalue weighted by molar-refractivity contribution is 7.80. The van der Waals surface area contributed by atoms with Crippen molar-refractivity contribution in [1.82, 2.24) is 19.6 Å². The van der Waals surface area contributed by atoms with E-state index in [1.165, 1.54) is 5.69 Å². The predicted molar refractivity (Wildman–Crippen MR) is 76.4 cm³/mol. The largest absolute Gasteiger partial charge is 0.392 e. The van der Waals surface area contributed by atoms with Crippen molar-refractivity contribution in [3.8, 4) is 0 Å².